The lowest BCUT2D eigenvalue weighted by atomic mass is 10.4. The van der Waals surface area contributed by atoms with E-state index in [9.17, 15) is 0 Å². The third-order valence-corrected chi connectivity index (χ3v) is 2.36. The van der Waals surface area contributed by atoms with E-state index in [1.807, 2.05) is 19.1 Å². The molecule has 0 bridgehead atoms. The van der Waals surface area contributed by atoms with Crippen molar-refractivity contribution in [3.8, 4) is 0 Å². The van der Waals surface area contributed by atoms with Crippen molar-refractivity contribution in [2.24, 2.45) is 0 Å². The maximum Gasteiger partial charge on any atom is 0.140 e. The van der Waals surface area contributed by atoms with Crippen molar-refractivity contribution in [3.05, 3.63) is 22.8 Å². The minimum atomic E-state index is 0.189. The minimum Gasteiger partial charge on any atom is -0.380 e. The number of ether oxygens (including phenoxy) is 1. The molecule has 0 fully saturated rings. The Balaban J connectivity index is 2.50. The Bertz CT molecular complexity index is 268. The number of nitrogens with one attached hydrogen (secondary N) is 1. The van der Waals surface area contributed by atoms with Crippen molar-refractivity contribution in [3.63, 3.8) is 0 Å². The molecule has 3 nitrogen and oxygen atoms in total. The van der Waals surface area contributed by atoms with E-state index in [0.29, 0.717) is 0 Å². The highest BCUT2D eigenvalue weighted by Crippen LogP contribution is 2.17. The molecule has 0 amide bonds. The molecule has 1 aromatic rings. The van der Waals surface area contributed by atoms with Gasteiger partial charge in [-0.1, -0.05) is 0 Å². The van der Waals surface area contributed by atoms with E-state index in [1.165, 1.54) is 0 Å². The fraction of sp³-hybridized carbons (Fsp3) is 0.444. The largest absolute Gasteiger partial charge is 0.380 e. The fourth-order valence-electron chi connectivity index (χ4n) is 0.840. The van der Waals surface area contributed by atoms with E-state index < -0.39 is 0 Å². The maximum absolute atomic E-state index is 5.11. The van der Waals surface area contributed by atoms with E-state index in [-0.39, 0.29) is 6.10 Å². The second kappa shape index (κ2) is 5.19. The van der Waals surface area contributed by atoms with Gasteiger partial charge in [-0.3, -0.25) is 0 Å². The highest BCUT2D eigenvalue weighted by atomic mass is 79.9. The molecule has 0 radical (unpaired) electrons. The summed E-state index contributed by atoms with van der Waals surface area (Å²) < 4.78 is 6.08. The third-order valence-electron chi connectivity index (χ3n) is 1.72. The number of hydrogen-bond donors (Lipinski definition) is 1. The van der Waals surface area contributed by atoms with E-state index in [0.717, 1.165) is 16.8 Å². The van der Waals surface area contributed by atoms with Gasteiger partial charge in [-0.2, -0.15) is 0 Å². The van der Waals surface area contributed by atoms with Crippen LogP contribution in [0.15, 0.2) is 22.8 Å². The van der Waals surface area contributed by atoms with Crippen LogP contribution < -0.4 is 5.32 Å². The van der Waals surface area contributed by atoms with Gasteiger partial charge in [0, 0.05) is 19.9 Å². The predicted molar refractivity (Wildman–Crippen MR) is 56.9 cm³/mol. The van der Waals surface area contributed by atoms with Gasteiger partial charge in [0.15, 0.2) is 0 Å². The van der Waals surface area contributed by atoms with Crippen LogP contribution in [0.2, 0.25) is 0 Å². The number of halogens is 1. The van der Waals surface area contributed by atoms with E-state index in [4.69, 9.17) is 4.74 Å². The average molecular weight is 245 g/mol. The predicted octanol–water partition coefficient (Wildman–Crippen LogP) is 2.29. The molecule has 0 saturated heterocycles. The van der Waals surface area contributed by atoms with Crippen molar-refractivity contribution in [1.82, 2.24) is 4.98 Å². The Kier molecular flexibility index (Phi) is 4.18. The number of nitrogens with zero attached hydrogens (tertiary/aromatic N) is 1. The fourth-order valence-corrected chi connectivity index (χ4v) is 1.23. The van der Waals surface area contributed by atoms with Crippen LogP contribution in [0.25, 0.3) is 0 Å². The monoisotopic (exact) mass is 244 g/mol. The van der Waals surface area contributed by atoms with Crippen molar-refractivity contribution in [1.29, 1.82) is 0 Å². The number of methoxy groups -OCH3 is 1. The van der Waals surface area contributed by atoms with Gasteiger partial charge in [-0.15, -0.1) is 0 Å². The van der Waals surface area contributed by atoms with Crippen molar-refractivity contribution < 1.29 is 4.74 Å². The lowest BCUT2D eigenvalue weighted by Gasteiger charge is -2.11. The van der Waals surface area contributed by atoms with Crippen LogP contribution in [-0.4, -0.2) is 24.7 Å². The molecule has 1 N–H and O–H groups in total. The van der Waals surface area contributed by atoms with Gasteiger partial charge in [0.2, 0.25) is 0 Å². The number of pyridine rings is 1. The van der Waals surface area contributed by atoms with Crippen LogP contribution in [-0.2, 0) is 4.74 Å². The summed E-state index contributed by atoms with van der Waals surface area (Å²) in [5, 5.41) is 3.18. The van der Waals surface area contributed by atoms with Crippen LogP contribution in [0.4, 0.5) is 5.82 Å². The third kappa shape index (κ3) is 3.32. The molecule has 13 heavy (non-hydrogen) atoms. The van der Waals surface area contributed by atoms with Crippen molar-refractivity contribution >= 4 is 21.7 Å². The van der Waals surface area contributed by atoms with Gasteiger partial charge in [-0.25, -0.2) is 4.98 Å². The summed E-state index contributed by atoms with van der Waals surface area (Å²) in [4.78, 5) is 4.17. The molecule has 4 heteroatoms. The molecule has 0 aliphatic carbocycles. The first kappa shape index (κ1) is 10.5. The quantitative estimate of drug-likeness (QED) is 0.883. The summed E-state index contributed by atoms with van der Waals surface area (Å²) in [5.41, 5.74) is 0. The average Bonchev–Trinajstić information content (AvgIpc) is 2.16. The lowest BCUT2D eigenvalue weighted by Crippen LogP contribution is -2.18. The van der Waals surface area contributed by atoms with E-state index >= 15 is 0 Å². The molecule has 1 unspecified atom stereocenters. The number of anilines is 1. The topological polar surface area (TPSA) is 34.1 Å². The van der Waals surface area contributed by atoms with Crippen LogP contribution in [0, 0.1) is 0 Å². The molecule has 0 aliphatic rings. The maximum atomic E-state index is 5.11. The normalized spacial score (nSPS) is 12.5. The number of aromatic nitrogens is 1. The molecule has 0 aromatic carbocycles. The summed E-state index contributed by atoms with van der Waals surface area (Å²) in [6, 6.07) is 3.84. The van der Waals surface area contributed by atoms with Crippen molar-refractivity contribution in [2.75, 3.05) is 19.0 Å². The Hall–Kier alpha value is -0.610. The van der Waals surface area contributed by atoms with Gasteiger partial charge >= 0.3 is 0 Å². The Morgan fingerprint density at radius 3 is 3.08 bits per heavy atom. The van der Waals surface area contributed by atoms with Crippen LogP contribution >= 0.6 is 15.9 Å². The first-order chi connectivity index (χ1) is 6.24. The Labute approximate surface area is 86.6 Å². The zero-order valence-electron chi connectivity index (χ0n) is 7.75. The highest BCUT2D eigenvalue weighted by Gasteiger charge is 2.02. The van der Waals surface area contributed by atoms with Crippen molar-refractivity contribution in [2.45, 2.75) is 13.0 Å². The zero-order chi connectivity index (χ0) is 9.68. The standard InChI is InChI=1S/C9H13BrN2O/c1-7(13-2)6-12-9-8(10)4-3-5-11-9/h3-5,7H,6H2,1-2H3,(H,11,12). The first-order valence-electron chi connectivity index (χ1n) is 4.11. The Morgan fingerprint density at radius 2 is 2.46 bits per heavy atom. The molecule has 0 spiro atoms. The molecule has 72 valence electrons. The Morgan fingerprint density at radius 1 is 1.69 bits per heavy atom. The van der Waals surface area contributed by atoms with E-state index in [2.05, 4.69) is 26.2 Å². The summed E-state index contributed by atoms with van der Waals surface area (Å²) in [7, 11) is 1.69. The SMILES string of the molecule is COC(C)CNc1ncccc1Br. The molecule has 0 aliphatic heterocycles. The van der Waals surface area contributed by atoms with Gasteiger partial charge in [-0.05, 0) is 35.0 Å². The van der Waals surface area contributed by atoms with Crippen LogP contribution in [0.1, 0.15) is 6.92 Å². The van der Waals surface area contributed by atoms with Gasteiger partial charge in [0.25, 0.3) is 0 Å². The summed E-state index contributed by atoms with van der Waals surface area (Å²) in [5.74, 6) is 0.853. The first-order valence-corrected chi connectivity index (χ1v) is 4.90. The smallest absolute Gasteiger partial charge is 0.140 e. The molecule has 1 rings (SSSR count). The molecular weight excluding hydrogens is 232 g/mol. The lowest BCUT2D eigenvalue weighted by molar-refractivity contribution is 0.128. The summed E-state index contributed by atoms with van der Waals surface area (Å²) in [6.45, 7) is 2.76. The van der Waals surface area contributed by atoms with Gasteiger partial charge in [0.1, 0.15) is 5.82 Å². The summed E-state index contributed by atoms with van der Waals surface area (Å²) >= 11 is 3.40. The summed E-state index contributed by atoms with van der Waals surface area (Å²) in [6.07, 6.45) is 1.94. The highest BCUT2D eigenvalue weighted by molar-refractivity contribution is 9.10. The molecule has 1 atom stereocenters. The van der Waals surface area contributed by atoms with Crippen LogP contribution in [0.5, 0.6) is 0 Å². The van der Waals surface area contributed by atoms with E-state index in [1.54, 1.807) is 13.3 Å². The minimum absolute atomic E-state index is 0.189. The van der Waals surface area contributed by atoms with Crippen LogP contribution in [0.3, 0.4) is 0 Å². The molecule has 1 aromatic heterocycles. The second-order valence-corrected chi connectivity index (χ2v) is 3.62. The number of hydrogen-bond acceptors (Lipinski definition) is 3. The molecular formula is C9H13BrN2O. The van der Waals surface area contributed by atoms with Gasteiger partial charge in [0.05, 0.1) is 10.6 Å². The van der Waals surface area contributed by atoms with Gasteiger partial charge < -0.3 is 10.1 Å². The number of rotatable bonds is 4. The second-order valence-electron chi connectivity index (χ2n) is 2.76. The molecule has 0 saturated carbocycles. The zero-order valence-corrected chi connectivity index (χ0v) is 9.34. The molecule has 1 heterocycles.